The van der Waals surface area contributed by atoms with Crippen molar-refractivity contribution in [2.75, 3.05) is 12.5 Å². The molecule has 0 aliphatic rings. The quantitative estimate of drug-likeness (QED) is 0.0433. The van der Waals surface area contributed by atoms with Gasteiger partial charge in [0, 0.05) is 17.8 Å². The van der Waals surface area contributed by atoms with E-state index in [1.165, 1.54) is 11.8 Å². The predicted molar refractivity (Wildman–Crippen MR) is 127 cm³/mol. The second-order valence-corrected chi connectivity index (χ2v) is 19.7. The Morgan fingerprint density at radius 3 is 0.814 bits per heavy atom. The number of rotatable bonds is 2. The average Bonchev–Trinajstić information content (AvgIpc) is 2.52. The normalized spacial score (nSPS) is 11.3. The molecule has 1 aromatic carbocycles. The number of halogens is 6. The van der Waals surface area contributed by atoms with E-state index in [1.807, 2.05) is 24.3 Å². The Labute approximate surface area is 259 Å². The number of esters is 1. The molecule has 0 aliphatic heterocycles. The first-order chi connectivity index (χ1) is 18.1. The zero-order valence-electron chi connectivity index (χ0n) is 20.8. The fourth-order valence-electron chi connectivity index (χ4n) is 0.946. The summed E-state index contributed by atoms with van der Waals surface area (Å²) < 4.78 is 204. The van der Waals surface area contributed by atoms with Crippen LogP contribution in [0.25, 0.3) is 0 Å². The van der Waals surface area contributed by atoms with Crippen molar-refractivity contribution in [3.05, 3.63) is 24.3 Å². The summed E-state index contributed by atoms with van der Waals surface area (Å²) in [5.74, 6) is 0.335. The van der Waals surface area contributed by atoms with Gasteiger partial charge in [-0.15, -0.1) is 0 Å². The van der Waals surface area contributed by atoms with E-state index >= 15 is 0 Å². The van der Waals surface area contributed by atoms with E-state index in [4.69, 9.17) is 76.3 Å². The molecule has 1 rings (SSSR count). The molecule has 33 heteroatoms. The third-order valence-corrected chi connectivity index (χ3v) is 2.77. The van der Waals surface area contributed by atoms with Gasteiger partial charge in [0.05, 0.1) is 0 Å². The summed E-state index contributed by atoms with van der Waals surface area (Å²) in [5.41, 5.74) is 0. The SMILES string of the molecule is CC(=O)Oc1ccc([S+](C)C)cc1.O=[As](O)(O)F.O=[As](O)(O)F.O=[As](O)(O)F.O=[As](O)(O)F.O=[As](O)(O)F.O=[As](O)(O)F. The van der Waals surface area contributed by atoms with Gasteiger partial charge in [-0.05, 0) is 24.3 Å². The van der Waals surface area contributed by atoms with Crippen LogP contribution in [0.15, 0.2) is 29.2 Å². The van der Waals surface area contributed by atoms with Gasteiger partial charge in [0.1, 0.15) is 18.3 Å². The third-order valence-electron chi connectivity index (χ3n) is 1.56. The molecule has 0 saturated carbocycles. The van der Waals surface area contributed by atoms with E-state index in [0.29, 0.717) is 5.75 Å². The van der Waals surface area contributed by atoms with Crippen LogP contribution in [-0.4, -0.2) is 155 Å². The van der Waals surface area contributed by atoms with Gasteiger partial charge in [-0.1, -0.05) is 0 Å². The maximum atomic E-state index is 10.6. The zero-order chi connectivity index (χ0) is 36.8. The van der Waals surface area contributed by atoms with Crippen molar-refractivity contribution < 1.29 is 102 Å². The molecule has 0 radical (unpaired) electrons. The van der Waals surface area contributed by atoms with E-state index in [1.54, 1.807) is 0 Å². The molecular formula is C10H25As6F6O20S+. The van der Waals surface area contributed by atoms with Crippen LogP contribution < -0.4 is 4.74 Å². The summed E-state index contributed by atoms with van der Waals surface area (Å²) in [4.78, 5) is 11.9. The molecule has 0 atom stereocenters. The van der Waals surface area contributed by atoms with Crippen molar-refractivity contribution in [3.63, 3.8) is 0 Å². The summed E-state index contributed by atoms with van der Waals surface area (Å²) in [7, 11) is 0.260. The molecule has 0 aliphatic carbocycles. The van der Waals surface area contributed by atoms with Crippen LogP contribution in [0.5, 0.6) is 5.75 Å². The molecule has 0 amide bonds. The van der Waals surface area contributed by atoms with Crippen LogP contribution >= 0.6 is 0 Å². The fourth-order valence-corrected chi connectivity index (χ4v) is 1.63. The van der Waals surface area contributed by atoms with Crippen molar-refractivity contribution in [1.82, 2.24) is 0 Å². The van der Waals surface area contributed by atoms with Crippen LogP contribution in [-0.2, 0) is 38.1 Å². The number of hydrogen-bond donors (Lipinski definition) is 12. The Bertz CT molecular complexity index is 963. The minimum absolute atomic E-state index is 0.260. The first-order valence-corrected chi connectivity index (χ1v) is 29.4. The molecule has 0 aromatic heterocycles. The summed E-state index contributed by atoms with van der Waals surface area (Å²) in [6, 6.07) is 7.62. The Balaban J connectivity index is -0.0000000985. The van der Waals surface area contributed by atoms with Gasteiger partial charge < -0.3 is 4.74 Å². The van der Waals surface area contributed by atoms with Crippen molar-refractivity contribution >= 4 is 105 Å². The number of carbonyl (C=O) groups excluding carboxylic acids is 1. The predicted octanol–water partition coefficient (Wildman–Crippen LogP) is -5.31. The number of hydrogen-bond acceptors (Lipinski definition) is 8. The van der Waals surface area contributed by atoms with Gasteiger partial charge in [0.2, 0.25) is 0 Å². The van der Waals surface area contributed by atoms with E-state index < -0.39 is 87.9 Å². The van der Waals surface area contributed by atoms with E-state index in [2.05, 4.69) is 12.5 Å². The van der Waals surface area contributed by atoms with Crippen molar-refractivity contribution in [2.45, 2.75) is 11.8 Å². The summed E-state index contributed by atoms with van der Waals surface area (Å²) in [6.45, 7) is 1.40. The van der Waals surface area contributed by atoms with Crippen LogP contribution in [0, 0.1) is 0 Å². The second-order valence-electron chi connectivity index (χ2n) is 5.72. The van der Waals surface area contributed by atoms with E-state index in [-0.39, 0.29) is 16.9 Å². The summed E-state index contributed by atoms with van der Waals surface area (Å²) >= 11 is -33.8. The molecule has 0 unspecified atom stereocenters. The molecule has 1 aromatic rings. The minimum atomic E-state index is -5.62. The topological polar surface area (TPSA) is 371 Å². The van der Waals surface area contributed by atoms with Crippen molar-refractivity contribution in [2.24, 2.45) is 0 Å². The molecular weight excluding hydrogens is 1040 g/mol. The Morgan fingerprint density at radius 2 is 0.698 bits per heavy atom. The fraction of sp³-hybridized carbons (Fsp3) is 0.300. The van der Waals surface area contributed by atoms with Gasteiger partial charge in [0.25, 0.3) is 0 Å². The van der Waals surface area contributed by atoms with Crippen LogP contribution in [0.1, 0.15) is 6.92 Å². The van der Waals surface area contributed by atoms with Gasteiger partial charge in [-0.25, -0.2) is 0 Å². The second kappa shape index (κ2) is 25.4. The van der Waals surface area contributed by atoms with E-state index in [9.17, 15) is 25.6 Å². The Hall–Kier alpha value is 0.291. The first kappa shape index (κ1) is 55.7. The molecule has 262 valence electrons. The van der Waals surface area contributed by atoms with Crippen molar-refractivity contribution in [1.29, 1.82) is 0 Å². The number of ether oxygens (including phenoxy) is 1. The van der Waals surface area contributed by atoms with Gasteiger partial charge in [0.15, 0.2) is 4.90 Å². The third kappa shape index (κ3) is 205. The molecule has 0 saturated heterocycles. The Kier molecular flexibility index (Phi) is 32.9. The number of carbonyl (C=O) groups is 1. The molecule has 12 N–H and O–H groups in total. The maximum absolute atomic E-state index is 10.6. The van der Waals surface area contributed by atoms with Crippen LogP contribution in [0.3, 0.4) is 0 Å². The molecule has 43 heavy (non-hydrogen) atoms. The monoisotopic (exact) mass is 1060 g/mol. The first-order valence-electron chi connectivity index (χ1n) is 8.46. The van der Waals surface area contributed by atoms with Crippen molar-refractivity contribution in [3.8, 4) is 5.75 Å². The summed E-state index contributed by atoms with van der Waals surface area (Å²) in [5, 5.41) is 0. The van der Waals surface area contributed by atoms with Gasteiger partial charge in [-0.3, -0.25) is 4.79 Å². The molecule has 20 nitrogen and oxygen atoms in total. The average molecular weight is 1060 g/mol. The Morgan fingerprint density at radius 1 is 0.535 bits per heavy atom. The standard InChI is InChI=1S/C10H13O2S.6AsFH2O3/c1-8(11)12-9-4-6-10(7-5-9)13(2)3;6*2-1(3,4)5/h4-7H,1-3H3;6*(H2,3,4,5)/q+1;;;;;;. The van der Waals surface area contributed by atoms with Gasteiger partial charge >= 0.3 is 186 Å². The number of benzene rings is 1. The molecule has 0 spiro atoms. The van der Waals surface area contributed by atoms with E-state index in [0.717, 1.165) is 0 Å². The molecule has 0 heterocycles. The molecule has 0 fully saturated rings. The van der Waals surface area contributed by atoms with Crippen LogP contribution in [0.4, 0.5) is 20.8 Å². The molecule has 0 bridgehead atoms. The van der Waals surface area contributed by atoms with Gasteiger partial charge in [-0.2, -0.15) is 0 Å². The summed E-state index contributed by atoms with van der Waals surface area (Å²) in [6.07, 6.45) is 4.31. The van der Waals surface area contributed by atoms with Crippen LogP contribution in [0.2, 0.25) is 0 Å². The zero-order valence-corrected chi connectivity index (χ0v) is 32.9.